The van der Waals surface area contributed by atoms with Crippen molar-refractivity contribution >= 4 is 5.91 Å². The highest BCUT2D eigenvalue weighted by atomic mass is 16.3. The SMILES string of the molecule is CCCCCCCCCCCCC/C=C/C(O)C(CO)NC(=O)CC(O)CCCCCCCCCCCCCCCCCCCCCCCC. The summed E-state index contributed by atoms with van der Waals surface area (Å²) in [6.45, 7) is 4.22. The van der Waals surface area contributed by atoms with Gasteiger partial charge in [0.05, 0.1) is 31.3 Å². The summed E-state index contributed by atoms with van der Waals surface area (Å²) < 4.78 is 0. The number of amides is 1. The van der Waals surface area contributed by atoms with Gasteiger partial charge < -0.3 is 20.6 Å². The lowest BCUT2D eigenvalue weighted by Crippen LogP contribution is -2.45. The van der Waals surface area contributed by atoms with E-state index in [1.165, 1.54) is 193 Å². The van der Waals surface area contributed by atoms with Gasteiger partial charge in [0.15, 0.2) is 0 Å². The molecule has 0 spiro atoms. The van der Waals surface area contributed by atoms with Gasteiger partial charge in [-0.25, -0.2) is 0 Å². The molecule has 0 heterocycles. The molecule has 0 aliphatic carbocycles. The number of aliphatic hydroxyl groups is 3. The Bertz CT molecular complexity index is 699. The van der Waals surface area contributed by atoms with Gasteiger partial charge in [-0.3, -0.25) is 4.79 Å². The summed E-state index contributed by atoms with van der Waals surface area (Å²) in [6.07, 6.45) is 47.9. The summed E-state index contributed by atoms with van der Waals surface area (Å²) in [7, 11) is 0. The summed E-state index contributed by atoms with van der Waals surface area (Å²) in [5.41, 5.74) is 0. The maximum Gasteiger partial charge on any atom is 0.222 e. The Morgan fingerprint density at radius 1 is 0.500 bits per heavy atom. The van der Waals surface area contributed by atoms with Gasteiger partial charge in [-0.2, -0.15) is 0 Å². The van der Waals surface area contributed by atoms with Gasteiger partial charge in [-0.1, -0.05) is 231 Å². The van der Waals surface area contributed by atoms with Gasteiger partial charge in [0, 0.05) is 0 Å². The lowest BCUT2D eigenvalue weighted by molar-refractivity contribution is -0.124. The minimum absolute atomic E-state index is 0.0188. The molecular weight excluding hydrogens is 618 g/mol. The number of unbranched alkanes of at least 4 members (excludes halogenated alkanes) is 32. The molecule has 5 nitrogen and oxygen atoms in total. The Morgan fingerprint density at radius 3 is 1.16 bits per heavy atom. The second-order valence-corrected chi connectivity index (χ2v) is 15.7. The van der Waals surface area contributed by atoms with Crippen LogP contribution in [0.3, 0.4) is 0 Å². The minimum atomic E-state index is -0.923. The Balaban J connectivity index is 3.58. The molecular formula is C45H89NO4. The molecule has 4 N–H and O–H groups in total. The van der Waals surface area contributed by atoms with E-state index in [4.69, 9.17) is 0 Å². The predicted octanol–water partition coefficient (Wildman–Crippen LogP) is 12.8. The van der Waals surface area contributed by atoms with E-state index in [-0.39, 0.29) is 18.9 Å². The third-order valence-electron chi connectivity index (χ3n) is 10.6. The molecule has 0 aromatic rings. The van der Waals surface area contributed by atoms with Crippen LogP contribution >= 0.6 is 0 Å². The zero-order valence-corrected chi connectivity index (χ0v) is 33.8. The second-order valence-electron chi connectivity index (χ2n) is 15.7. The summed E-state index contributed by atoms with van der Waals surface area (Å²) >= 11 is 0. The summed E-state index contributed by atoms with van der Waals surface area (Å²) in [5, 5.41) is 33.2. The van der Waals surface area contributed by atoms with Crippen molar-refractivity contribution in [2.24, 2.45) is 0 Å². The number of carbonyl (C=O) groups excluding carboxylic acids is 1. The molecule has 298 valence electrons. The number of aliphatic hydroxyl groups excluding tert-OH is 3. The van der Waals surface area contributed by atoms with Gasteiger partial charge in [-0.15, -0.1) is 0 Å². The molecule has 0 rings (SSSR count). The van der Waals surface area contributed by atoms with Crippen LogP contribution in [0.25, 0.3) is 0 Å². The van der Waals surface area contributed by atoms with Crippen molar-refractivity contribution in [1.29, 1.82) is 0 Å². The highest BCUT2D eigenvalue weighted by Gasteiger charge is 2.20. The number of nitrogens with one attached hydrogen (secondary N) is 1. The number of hydrogen-bond acceptors (Lipinski definition) is 4. The fourth-order valence-corrected chi connectivity index (χ4v) is 7.11. The van der Waals surface area contributed by atoms with Crippen LogP contribution in [-0.4, -0.2) is 46.1 Å². The van der Waals surface area contributed by atoms with Crippen LogP contribution in [-0.2, 0) is 4.79 Å². The van der Waals surface area contributed by atoms with E-state index in [0.29, 0.717) is 6.42 Å². The lowest BCUT2D eigenvalue weighted by Gasteiger charge is -2.21. The first kappa shape index (κ1) is 49.1. The zero-order chi connectivity index (χ0) is 36.6. The maximum atomic E-state index is 12.4. The number of allylic oxidation sites excluding steroid dienone is 1. The van der Waals surface area contributed by atoms with Crippen LogP contribution in [0.4, 0.5) is 0 Å². The Labute approximate surface area is 312 Å². The Morgan fingerprint density at radius 2 is 0.820 bits per heavy atom. The van der Waals surface area contributed by atoms with Crippen molar-refractivity contribution in [3.05, 3.63) is 12.2 Å². The van der Waals surface area contributed by atoms with Crippen LogP contribution in [0.2, 0.25) is 0 Å². The van der Waals surface area contributed by atoms with Gasteiger partial charge in [-0.05, 0) is 19.3 Å². The Hall–Kier alpha value is -0.910. The van der Waals surface area contributed by atoms with E-state index < -0.39 is 18.2 Å². The average molecular weight is 708 g/mol. The topological polar surface area (TPSA) is 89.8 Å². The molecule has 0 radical (unpaired) electrons. The molecule has 3 unspecified atom stereocenters. The van der Waals surface area contributed by atoms with E-state index in [2.05, 4.69) is 19.2 Å². The zero-order valence-electron chi connectivity index (χ0n) is 33.8. The van der Waals surface area contributed by atoms with Crippen molar-refractivity contribution in [3.63, 3.8) is 0 Å². The maximum absolute atomic E-state index is 12.4. The molecule has 0 saturated carbocycles. The molecule has 3 atom stereocenters. The first-order valence-electron chi connectivity index (χ1n) is 22.5. The van der Waals surface area contributed by atoms with Crippen LogP contribution in [0.5, 0.6) is 0 Å². The van der Waals surface area contributed by atoms with Gasteiger partial charge in [0.1, 0.15) is 0 Å². The Kier molecular flexibility index (Phi) is 40.1. The highest BCUT2D eigenvalue weighted by molar-refractivity contribution is 5.76. The third-order valence-corrected chi connectivity index (χ3v) is 10.6. The lowest BCUT2D eigenvalue weighted by atomic mass is 10.0. The van der Waals surface area contributed by atoms with E-state index in [1.807, 2.05) is 6.08 Å². The van der Waals surface area contributed by atoms with Crippen molar-refractivity contribution in [3.8, 4) is 0 Å². The molecule has 5 heteroatoms. The fraction of sp³-hybridized carbons (Fsp3) is 0.933. The van der Waals surface area contributed by atoms with Crippen LogP contribution in [0.15, 0.2) is 12.2 Å². The standard InChI is InChI=1S/C45H89NO4/c1-3-5-7-9-11-13-15-17-18-19-20-21-22-23-24-25-27-28-30-32-34-36-38-42(48)40-45(50)46-43(41-47)44(49)39-37-35-33-31-29-26-16-14-12-10-8-6-4-2/h37,39,42-44,47-49H,3-36,38,40-41H2,1-2H3,(H,46,50)/b39-37+. The van der Waals surface area contributed by atoms with Crippen molar-refractivity contribution in [2.45, 2.75) is 263 Å². The van der Waals surface area contributed by atoms with Gasteiger partial charge in [0.25, 0.3) is 0 Å². The van der Waals surface area contributed by atoms with Crippen molar-refractivity contribution in [2.75, 3.05) is 6.61 Å². The normalized spacial score (nSPS) is 13.6. The van der Waals surface area contributed by atoms with Gasteiger partial charge >= 0.3 is 0 Å². The predicted molar refractivity (Wildman–Crippen MR) is 218 cm³/mol. The van der Waals surface area contributed by atoms with Crippen LogP contribution in [0.1, 0.15) is 245 Å². The van der Waals surface area contributed by atoms with E-state index in [1.54, 1.807) is 6.08 Å². The number of carbonyl (C=O) groups is 1. The fourth-order valence-electron chi connectivity index (χ4n) is 7.11. The summed E-state index contributed by atoms with van der Waals surface area (Å²) in [5.74, 6) is -0.312. The molecule has 0 fully saturated rings. The highest BCUT2D eigenvalue weighted by Crippen LogP contribution is 2.17. The number of rotatable bonds is 41. The number of hydrogen-bond donors (Lipinski definition) is 4. The van der Waals surface area contributed by atoms with E-state index in [0.717, 1.165) is 25.7 Å². The summed E-state index contributed by atoms with van der Waals surface area (Å²) in [6, 6.07) is -0.738. The van der Waals surface area contributed by atoms with Gasteiger partial charge in [0.2, 0.25) is 5.91 Å². The van der Waals surface area contributed by atoms with Crippen molar-refractivity contribution in [1.82, 2.24) is 5.32 Å². The quantitative estimate of drug-likeness (QED) is 0.0376. The molecule has 50 heavy (non-hydrogen) atoms. The minimum Gasteiger partial charge on any atom is -0.394 e. The molecule has 0 aliphatic rings. The van der Waals surface area contributed by atoms with Crippen molar-refractivity contribution < 1.29 is 20.1 Å². The molecule has 0 aromatic heterocycles. The average Bonchev–Trinajstić information content (AvgIpc) is 3.11. The molecule has 0 bridgehead atoms. The monoisotopic (exact) mass is 708 g/mol. The molecule has 0 aliphatic heterocycles. The summed E-state index contributed by atoms with van der Waals surface area (Å²) in [4.78, 5) is 12.4. The smallest absolute Gasteiger partial charge is 0.222 e. The first-order chi connectivity index (χ1) is 24.5. The second kappa shape index (κ2) is 40.9. The van der Waals surface area contributed by atoms with Crippen LogP contribution in [0, 0.1) is 0 Å². The van der Waals surface area contributed by atoms with E-state index in [9.17, 15) is 20.1 Å². The van der Waals surface area contributed by atoms with E-state index >= 15 is 0 Å². The third kappa shape index (κ3) is 36.9. The van der Waals surface area contributed by atoms with Crippen LogP contribution < -0.4 is 5.32 Å². The molecule has 0 saturated heterocycles. The molecule has 0 aromatic carbocycles. The molecule has 1 amide bonds. The largest absolute Gasteiger partial charge is 0.394 e. The first-order valence-corrected chi connectivity index (χ1v) is 22.5.